The number of hydrogen-bond acceptors (Lipinski definition) is 4. The Kier molecular flexibility index (Phi) is 1.71. The number of rotatable bonds is 1. The van der Waals surface area contributed by atoms with Crippen LogP contribution in [0.25, 0.3) is 22.7 Å². The van der Waals surface area contributed by atoms with Crippen LogP contribution in [-0.4, -0.2) is 15.0 Å². The minimum atomic E-state index is 0.495. The van der Waals surface area contributed by atoms with E-state index in [2.05, 4.69) is 21.3 Å². The van der Waals surface area contributed by atoms with E-state index in [0.29, 0.717) is 11.6 Å². The van der Waals surface area contributed by atoms with Crippen LogP contribution in [-0.2, 0) is 0 Å². The monoisotopic (exact) mass is 196 g/mol. The van der Waals surface area contributed by atoms with Crippen molar-refractivity contribution in [3.05, 3.63) is 42.9 Å². The van der Waals surface area contributed by atoms with Gasteiger partial charge < -0.3 is 4.42 Å². The summed E-state index contributed by atoms with van der Waals surface area (Å²) in [5, 5.41) is 0. The number of benzene rings is 1. The molecule has 0 fully saturated rings. The van der Waals surface area contributed by atoms with Crippen LogP contribution in [0.1, 0.15) is 0 Å². The summed E-state index contributed by atoms with van der Waals surface area (Å²) in [6, 6.07) is 9.33. The van der Waals surface area contributed by atoms with Gasteiger partial charge in [0.25, 0.3) is 0 Å². The Morgan fingerprint density at radius 3 is 2.87 bits per heavy atom. The Balaban J connectivity index is 2.21. The van der Waals surface area contributed by atoms with Gasteiger partial charge in [-0.15, -0.1) is 0 Å². The molecule has 4 heteroatoms. The molecule has 0 unspecified atom stereocenters. The summed E-state index contributed by atoms with van der Waals surface area (Å²) in [7, 11) is 0. The first-order valence-corrected chi connectivity index (χ1v) is 4.48. The molecule has 71 valence electrons. The highest BCUT2D eigenvalue weighted by Crippen LogP contribution is 2.21. The van der Waals surface area contributed by atoms with E-state index in [0.717, 1.165) is 11.1 Å². The molecule has 2 heterocycles. The first kappa shape index (κ1) is 8.11. The standard InChI is InChI=1S/C11H6N3O/c1-2-4-10-8(3-1)14-11(15-10)9-5-6-12-7-13-9/h1-6H. The van der Waals surface area contributed by atoms with Crippen molar-refractivity contribution >= 4 is 11.1 Å². The molecule has 0 spiro atoms. The number of nitrogens with zero attached hydrogens (tertiary/aromatic N) is 3. The summed E-state index contributed by atoms with van der Waals surface area (Å²) in [4.78, 5) is 12.0. The first-order chi connectivity index (χ1) is 7.43. The Labute approximate surface area is 85.6 Å². The summed E-state index contributed by atoms with van der Waals surface area (Å²) < 4.78 is 5.53. The van der Waals surface area contributed by atoms with Crippen LogP contribution in [0.15, 0.2) is 40.9 Å². The predicted octanol–water partition coefficient (Wildman–Crippen LogP) is 2.08. The fraction of sp³-hybridized carbons (Fsp3) is 0. The van der Waals surface area contributed by atoms with E-state index in [1.165, 1.54) is 0 Å². The van der Waals surface area contributed by atoms with Crippen molar-refractivity contribution in [2.24, 2.45) is 0 Å². The van der Waals surface area contributed by atoms with Crippen LogP contribution in [0, 0.1) is 6.33 Å². The van der Waals surface area contributed by atoms with Gasteiger partial charge in [-0.05, 0) is 18.2 Å². The van der Waals surface area contributed by atoms with Crippen LogP contribution in [0.2, 0.25) is 0 Å². The Bertz CT molecular complexity index is 556. The van der Waals surface area contributed by atoms with Crippen LogP contribution in [0.4, 0.5) is 0 Å². The SMILES string of the molecule is [c]1nccc(-c2nc3ccccc3o2)n1. The Hall–Kier alpha value is -2.23. The minimum Gasteiger partial charge on any atom is -0.435 e. The van der Waals surface area contributed by atoms with Gasteiger partial charge in [0.15, 0.2) is 11.9 Å². The summed E-state index contributed by atoms with van der Waals surface area (Å²) in [6.07, 6.45) is 4.11. The van der Waals surface area contributed by atoms with E-state index in [9.17, 15) is 0 Å². The lowest BCUT2D eigenvalue weighted by Crippen LogP contribution is -1.83. The van der Waals surface area contributed by atoms with Gasteiger partial charge in [0.2, 0.25) is 5.89 Å². The van der Waals surface area contributed by atoms with Gasteiger partial charge in [0, 0.05) is 6.20 Å². The maximum atomic E-state index is 5.53. The van der Waals surface area contributed by atoms with Gasteiger partial charge in [-0.3, -0.25) is 0 Å². The van der Waals surface area contributed by atoms with Crippen molar-refractivity contribution in [2.75, 3.05) is 0 Å². The molecule has 3 aromatic rings. The van der Waals surface area contributed by atoms with Crippen molar-refractivity contribution in [1.29, 1.82) is 0 Å². The largest absolute Gasteiger partial charge is 0.435 e. The number of hydrogen-bond donors (Lipinski definition) is 0. The average Bonchev–Trinajstić information content (AvgIpc) is 2.74. The van der Waals surface area contributed by atoms with Gasteiger partial charge in [-0.2, -0.15) is 0 Å². The molecule has 1 aromatic carbocycles. The van der Waals surface area contributed by atoms with Crippen LogP contribution in [0.3, 0.4) is 0 Å². The fourth-order valence-electron chi connectivity index (χ4n) is 1.36. The molecular weight excluding hydrogens is 190 g/mol. The highest BCUT2D eigenvalue weighted by molar-refractivity contribution is 5.75. The topological polar surface area (TPSA) is 51.8 Å². The van der Waals surface area contributed by atoms with E-state index in [1.807, 2.05) is 24.3 Å². The van der Waals surface area contributed by atoms with Gasteiger partial charge in [0.1, 0.15) is 11.2 Å². The van der Waals surface area contributed by atoms with Gasteiger partial charge in [0.05, 0.1) is 0 Å². The molecule has 3 rings (SSSR count). The molecule has 0 amide bonds. The lowest BCUT2D eigenvalue weighted by atomic mass is 10.3. The zero-order valence-corrected chi connectivity index (χ0v) is 7.71. The molecule has 0 saturated heterocycles. The van der Waals surface area contributed by atoms with E-state index in [-0.39, 0.29) is 0 Å². The third kappa shape index (κ3) is 1.36. The van der Waals surface area contributed by atoms with Crippen molar-refractivity contribution in [1.82, 2.24) is 15.0 Å². The van der Waals surface area contributed by atoms with E-state index < -0.39 is 0 Å². The van der Waals surface area contributed by atoms with Crippen LogP contribution < -0.4 is 0 Å². The average molecular weight is 196 g/mol. The normalized spacial score (nSPS) is 10.7. The summed E-state index contributed by atoms with van der Waals surface area (Å²) in [6.45, 7) is 0. The molecule has 15 heavy (non-hydrogen) atoms. The second kappa shape index (κ2) is 3.16. The minimum absolute atomic E-state index is 0.495. The fourth-order valence-corrected chi connectivity index (χ4v) is 1.36. The molecular formula is C11H6N3O. The number of oxazole rings is 1. The van der Waals surface area contributed by atoms with Crippen LogP contribution >= 0.6 is 0 Å². The molecule has 4 nitrogen and oxygen atoms in total. The van der Waals surface area contributed by atoms with Crippen molar-refractivity contribution in [3.63, 3.8) is 0 Å². The lowest BCUT2D eigenvalue weighted by molar-refractivity contribution is 0.616. The number of fused-ring (bicyclic) bond motifs is 1. The number of para-hydroxylation sites is 2. The molecule has 0 aliphatic heterocycles. The van der Waals surface area contributed by atoms with Crippen molar-refractivity contribution < 1.29 is 4.42 Å². The van der Waals surface area contributed by atoms with E-state index in [4.69, 9.17) is 4.42 Å². The zero-order valence-electron chi connectivity index (χ0n) is 7.71. The maximum Gasteiger partial charge on any atom is 0.246 e. The Morgan fingerprint density at radius 1 is 1.13 bits per heavy atom. The van der Waals surface area contributed by atoms with Crippen molar-refractivity contribution in [2.45, 2.75) is 0 Å². The molecule has 0 bridgehead atoms. The molecule has 0 atom stereocenters. The predicted molar refractivity (Wildman–Crippen MR) is 53.9 cm³/mol. The third-order valence-corrected chi connectivity index (χ3v) is 2.05. The second-order valence-electron chi connectivity index (χ2n) is 3.03. The molecule has 1 radical (unpaired) electrons. The van der Waals surface area contributed by atoms with Gasteiger partial charge in [-0.25, -0.2) is 15.0 Å². The maximum absolute atomic E-state index is 5.53. The highest BCUT2D eigenvalue weighted by atomic mass is 16.3. The molecule has 0 aliphatic carbocycles. The first-order valence-electron chi connectivity index (χ1n) is 4.48. The summed E-state index contributed by atoms with van der Waals surface area (Å²) >= 11 is 0. The Morgan fingerprint density at radius 2 is 2.07 bits per heavy atom. The van der Waals surface area contributed by atoms with Gasteiger partial charge in [-0.1, -0.05) is 12.1 Å². The lowest BCUT2D eigenvalue weighted by Gasteiger charge is -1.89. The second-order valence-corrected chi connectivity index (χ2v) is 3.03. The zero-order chi connectivity index (χ0) is 10.1. The number of aromatic nitrogens is 3. The third-order valence-electron chi connectivity index (χ3n) is 2.05. The molecule has 2 aromatic heterocycles. The smallest absolute Gasteiger partial charge is 0.246 e. The molecule has 0 aliphatic rings. The molecule has 0 N–H and O–H groups in total. The van der Waals surface area contributed by atoms with Crippen molar-refractivity contribution in [3.8, 4) is 11.6 Å². The van der Waals surface area contributed by atoms with E-state index >= 15 is 0 Å². The highest BCUT2D eigenvalue weighted by Gasteiger charge is 2.07. The molecule has 0 saturated carbocycles. The quantitative estimate of drug-likeness (QED) is 0.598. The van der Waals surface area contributed by atoms with E-state index in [1.54, 1.807) is 12.3 Å². The summed E-state index contributed by atoms with van der Waals surface area (Å²) in [5.74, 6) is 0.495. The summed E-state index contributed by atoms with van der Waals surface area (Å²) in [5.41, 5.74) is 2.22. The van der Waals surface area contributed by atoms with Crippen LogP contribution in [0.5, 0.6) is 0 Å². The van der Waals surface area contributed by atoms with Gasteiger partial charge >= 0.3 is 0 Å².